The minimum Gasteiger partial charge on any atom is -0.493 e. The Labute approximate surface area is 98.6 Å². The predicted octanol–water partition coefficient (Wildman–Crippen LogP) is 0.469. The Kier molecular flexibility index (Phi) is 3.09. The summed E-state index contributed by atoms with van der Waals surface area (Å²) in [6.07, 6.45) is 4.16. The van der Waals surface area contributed by atoms with E-state index in [9.17, 15) is 10.2 Å². The van der Waals surface area contributed by atoms with Gasteiger partial charge in [-0.05, 0) is 12.1 Å². The minimum atomic E-state index is -0.989. The molecule has 7 heteroatoms. The number of aromatic nitrogens is 1. The molecule has 1 aromatic rings. The number of aliphatic hydroxyl groups is 2. The maximum Gasteiger partial charge on any atom is 0.656 e. The van der Waals surface area contributed by atoms with Crippen LogP contribution in [0.25, 0.3) is 0 Å². The van der Waals surface area contributed by atoms with Crippen LogP contribution in [0.1, 0.15) is 0 Å². The van der Waals surface area contributed by atoms with Gasteiger partial charge in [0.1, 0.15) is 5.59 Å². The Morgan fingerprint density at radius 3 is 2.35 bits per heavy atom. The van der Waals surface area contributed by atoms with Crippen LogP contribution in [0.4, 0.5) is 0 Å². The van der Waals surface area contributed by atoms with Crippen molar-refractivity contribution in [2.24, 2.45) is 0 Å². The van der Waals surface area contributed by atoms with E-state index in [0.717, 1.165) is 0 Å². The smallest absolute Gasteiger partial charge is 0.493 e. The van der Waals surface area contributed by atoms with Gasteiger partial charge in [-0.25, -0.2) is 0 Å². The van der Waals surface area contributed by atoms with Crippen LogP contribution in [-0.2, 0) is 9.31 Å². The number of hydrogen-bond acceptors (Lipinski definition) is 6. The monoisotopic (exact) mass is 234 g/mol. The molecule has 0 saturated carbocycles. The van der Waals surface area contributed by atoms with Crippen LogP contribution in [0.2, 0.25) is 0 Å². The molecule has 0 saturated heterocycles. The van der Waals surface area contributed by atoms with E-state index >= 15 is 0 Å². The van der Waals surface area contributed by atoms with Gasteiger partial charge < -0.3 is 24.4 Å². The highest BCUT2D eigenvalue weighted by molar-refractivity contribution is 6.60. The second-order valence-electron chi connectivity index (χ2n) is 3.42. The second kappa shape index (κ2) is 4.69. The number of rotatable bonds is 1. The first kappa shape index (κ1) is 11.2. The quantitative estimate of drug-likeness (QED) is 0.688. The van der Waals surface area contributed by atoms with E-state index in [2.05, 4.69) is 4.98 Å². The summed E-state index contributed by atoms with van der Waals surface area (Å²) in [7, 11) is 0.623. The van der Waals surface area contributed by atoms with Crippen LogP contribution in [0.3, 0.4) is 0 Å². The fourth-order valence-electron chi connectivity index (χ4n) is 1.33. The van der Waals surface area contributed by atoms with Crippen LogP contribution in [0.5, 0.6) is 0 Å². The zero-order valence-corrected chi connectivity index (χ0v) is 9.15. The lowest BCUT2D eigenvalue weighted by Crippen LogP contribution is -2.39. The van der Waals surface area contributed by atoms with Gasteiger partial charge in [-0.2, -0.15) is 0 Å². The molecule has 0 amide bonds. The Bertz CT molecular complexity index is 427. The first-order chi connectivity index (χ1) is 8.15. The van der Waals surface area contributed by atoms with Gasteiger partial charge in [0.15, 0.2) is 0 Å². The molecule has 0 bridgehead atoms. The zero-order chi connectivity index (χ0) is 12.3. The number of pyridine rings is 1. The molecule has 0 aromatic carbocycles. The highest BCUT2D eigenvalue weighted by Crippen LogP contribution is 2.08. The summed E-state index contributed by atoms with van der Waals surface area (Å²) in [6.45, 7) is 0. The molecule has 88 valence electrons. The van der Waals surface area contributed by atoms with Gasteiger partial charge in [0.05, 0.1) is 12.4 Å². The van der Waals surface area contributed by atoms with Crippen LogP contribution < -0.4 is 5.59 Å². The molecule has 1 aliphatic heterocycles. The van der Waals surface area contributed by atoms with Gasteiger partial charge in [-0.1, -0.05) is 6.07 Å². The van der Waals surface area contributed by atoms with E-state index < -0.39 is 7.12 Å². The summed E-state index contributed by atoms with van der Waals surface area (Å²) in [6, 6.07) is 5.16. The molecular weight excluding hydrogens is 223 g/mol. The van der Waals surface area contributed by atoms with E-state index in [0.29, 0.717) is 5.59 Å². The van der Waals surface area contributed by atoms with E-state index in [1.54, 1.807) is 31.4 Å². The Morgan fingerprint density at radius 2 is 1.82 bits per heavy atom. The van der Waals surface area contributed by atoms with E-state index in [-0.39, 0.29) is 11.9 Å². The highest BCUT2D eigenvalue weighted by Gasteiger charge is 2.31. The van der Waals surface area contributed by atoms with E-state index in [4.69, 9.17) is 9.31 Å². The molecule has 2 rings (SSSR count). The van der Waals surface area contributed by atoms with Gasteiger partial charge in [0, 0.05) is 13.2 Å². The molecule has 0 radical (unpaired) electrons. The first-order valence-corrected chi connectivity index (χ1v) is 4.93. The minimum absolute atomic E-state index is 0.327. The first-order valence-electron chi connectivity index (χ1n) is 4.93. The Balaban J connectivity index is 2.25. The second-order valence-corrected chi connectivity index (χ2v) is 3.42. The van der Waals surface area contributed by atoms with Gasteiger partial charge in [0.2, 0.25) is 0 Å². The maximum atomic E-state index is 9.48. The maximum absolute atomic E-state index is 9.48. The van der Waals surface area contributed by atoms with Crippen molar-refractivity contribution in [2.45, 2.75) is 0 Å². The number of hydrogen-bond donors (Lipinski definition) is 2. The summed E-state index contributed by atoms with van der Waals surface area (Å²) in [5, 5.41) is 19.0. The van der Waals surface area contributed by atoms with Crippen molar-refractivity contribution in [1.82, 2.24) is 9.88 Å². The molecule has 17 heavy (non-hydrogen) atoms. The molecule has 1 aliphatic rings. The lowest BCUT2D eigenvalue weighted by Gasteiger charge is -2.19. The molecule has 0 fully saturated rings. The van der Waals surface area contributed by atoms with Crippen molar-refractivity contribution in [3.63, 3.8) is 0 Å². The molecule has 0 aliphatic carbocycles. The van der Waals surface area contributed by atoms with Crippen LogP contribution in [0.15, 0.2) is 48.7 Å². The summed E-state index contributed by atoms with van der Waals surface area (Å²) in [5.41, 5.74) is 0.442. The van der Waals surface area contributed by atoms with Crippen LogP contribution >= 0.6 is 0 Å². The molecule has 0 spiro atoms. The summed E-state index contributed by atoms with van der Waals surface area (Å²) >= 11 is 0. The molecule has 0 atom stereocenters. The fraction of sp³-hybridized carbons (Fsp3) is 0.100. The van der Waals surface area contributed by atoms with Crippen molar-refractivity contribution in [3.05, 3.63) is 48.7 Å². The SMILES string of the molecule is CN1C=C(O)OB(c2ccccn2)OC(O)=C1. The molecular formula is C10H11BN2O4. The topological polar surface area (TPSA) is 75.1 Å². The lowest BCUT2D eigenvalue weighted by molar-refractivity contribution is 0.124. The molecule has 0 unspecified atom stereocenters. The standard InChI is InChI=1S/C10H11BN2O4/c1-13-6-9(14)16-11(17-10(15)7-13)8-4-2-3-5-12-8/h2-7,14-15H,1H3. The summed E-state index contributed by atoms with van der Waals surface area (Å²) < 4.78 is 10.2. The van der Waals surface area contributed by atoms with Crippen molar-refractivity contribution in [2.75, 3.05) is 7.05 Å². The largest absolute Gasteiger partial charge is 0.656 e. The summed E-state index contributed by atoms with van der Waals surface area (Å²) in [4.78, 5) is 5.42. The molecule has 2 N–H and O–H groups in total. The van der Waals surface area contributed by atoms with E-state index in [1.807, 2.05) is 0 Å². The zero-order valence-electron chi connectivity index (χ0n) is 9.15. The van der Waals surface area contributed by atoms with Gasteiger partial charge >= 0.3 is 7.12 Å². The van der Waals surface area contributed by atoms with Crippen molar-refractivity contribution < 1.29 is 19.5 Å². The van der Waals surface area contributed by atoms with Crippen molar-refractivity contribution >= 4 is 12.7 Å². The third-order valence-corrected chi connectivity index (χ3v) is 2.01. The van der Waals surface area contributed by atoms with Gasteiger partial charge in [0.25, 0.3) is 11.9 Å². The average Bonchev–Trinajstić information content (AvgIpc) is 2.27. The predicted molar refractivity (Wildman–Crippen MR) is 61.0 cm³/mol. The molecule has 1 aromatic heterocycles. The average molecular weight is 234 g/mol. The van der Waals surface area contributed by atoms with Crippen molar-refractivity contribution in [3.8, 4) is 0 Å². The summed E-state index contributed by atoms with van der Waals surface area (Å²) in [5.74, 6) is -0.654. The highest BCUT2D eigenvalue weighted by atomic mass is 16.7. The van der Waals surface area contributed by atoms with Crippen LogP contribution in [-0.4, -0.2) is 34.3 Å². The van der Waals surface area contributed by atoms with Crippen molar-refractivity contribution in [1.29, 1.82) is 0 Å². The number of aliphatic hydroxyl groups excluding tert-OH is 2. The normalized spacial score (nSPS) is 16.1. The van der Waals surface area contributed by atoms with E-state index in [1.165, 1.54) is 17.3 Å². The Morgan fingerprint density at radius 1 is 1.18 bits per heavy atom. The molecule has 6 nitrogen and oxygen atoms in total. The molecule has 2 heterocycles. The Hall–Kier alpha value is -2.31. The van der Waals surface area contributed by atoms with Gasteiger partial charge in [-0.15, -0.1) is 0 Å². The third-order valence-electron chi connectivity index (χ3n) is 2.01. The third kappa shape index (κ3) is 2.84. The van der Waals surface area contributed by atoms with Crippen LogP contribution in [0, 0.1) is 0 Å². The fourth-order valence-corrected chi connectivity index (χ4v) is 1.33. The lowest BCUT2D eigenvalue weighted by atomic mass is 9.84. The van der Waals surface area contributed by atoms with Gasteiger partial charge in [-0.3, -0.25) is 4.98 Å². The number of nitrogens with zero attached hydrogens (tertiary/aromatic N) is 2.